The quantitative estimate of drug-likeness (QED) is 0.230. The summed E-state index contributed by atoms with van der Waals surface area (Å²) in [5.41, 5.74) is 9.47. The molecule has 0 aliphatic heterocycles. The molecule has 0 atom stereocenters. The summed E-state index contributed by atoms with van der Waals surface area (Å²) in [7, 11) is 0. The summed E-state index contributed by atoms with van der Waals surface area (Å²) in [5, 5.41) is 3.71. The average molecular weight is 517 g/mol. The van der Waals surface area contributed by atoms with Gasteiger partial charge in [0, 0.05) is 32.7 Å². The lowest BCUT2D eigenvalue weighted by Gasteiger charge is -2.10. The Balaban J connectivity index is 1.48. The number of fused-ring (bicyclic) bond motifs is 9. The van der Waals surface area contributed by atoms with E-state index >= 15 is 0 Å². The van der Waals surface area contributed by atoms with Crippen molar-refractivity contribution in [3.05, 3.63) is 121 Å². The van der Waals surface area contributed by atoms with Gasteiger partial charge in [0.2, 0.25) is 0 Å². The number of para-hydroxylation sites is 2. The Morgan fingerprint density at radius 1 is 0.513 bits per heavy atom. The van der Waals surface area contributed by atoms with E-state index in [0.717, 1.165) is 55.4 Å². The highest BCUT2D eigenvalue weighted by Gasteiger charge is 2.21. The minimum absolute atomic E-state index is 0.920. The molecule has 0 unspecified atom stereocenters. The molecule has 0 aliphatic rings. The van der Waals surface area contributed by atoms with Crippen LogP contribution in [0.25, 0.3) is 75.6 Å². The zero-order valence-corrected chi connectivity index (χ0v) is 21.6. The minimum Gasteiger partial charge on any atom is -0.308 e. The summed E-state index contributed by atoms with van der Waals surface area (Å²) in [4.78, 5) is 10.2. The molecule has 0 amide bonds. The maximum absolute atomic E-state index is 5.35. The van der Waals surface area contributed by atoms with Gasteiger partial charge in [-0.05, 0) is 48.5 Å². The molecule has 9 rings (SSSR count). The largest absolute Gasteiger partial charge is 0.308 e. The van der Waals surface area contributed by atoms with E-state index in [1.54, 1.807) is 0 Å². The maximum Gasteiger partial charge on any atom is 0.116 e. The van der Waals surface area contributed by atoms with Crippen LogP contribution in [0.3, 0.4) is 0 Å². The standard InChI is InChI=1S/C34H20N4S/c1-2-10-21(11-3-1)37-25-15-6-4-13-24(25)31-28(37)20-29-33(36-31)32-26(17-9-19-35-32)38(29)27-16-8-14-23-22-12-5-7-18-30(22)39-34(23)27/h1-20H. The van der Waals surface area contributed by atoms with Crippen LogP contribution in [0.4, 0.5) is 0 Å². The number of nitrogens with zero attached hydrogens (tertiary/aromatic N) is 4. The van der Waals surface area contributed by atoms with Crippen LogP contribution in [0.5, 0.6) is 0 Å². The van der Waals surface area contributed by atoms with E-state index in [2.05, 4.69) is 118 Å². The van der Waals surface area contributed by atoms with E-state index in [1.165, 1.54) is 20.2 Å². The van der Waals surface area contributed by atoms with E-state index in [4.69, 9.17) is 9.97 Å². The van der Waals surface area contributed by atoms with E-state index < -0.39 is 0 Å². The molecule has 0 fully saturated rings. The van der Waals surface area contributed by atoms with Crippen LogP contribution < -0.4 is 0 Å². The number of pyridine rings is 2. The Hall–Kier alpha value is -5.00. The number of thiophene rings is 1. The first kappa shape index (κ1) is 21.0. The fourth-order valence-electron chi connectivity index (χ4n) is 6.12. The molecule has 39 heavy (non-hydrogen) atoms. The second kappa shape index (κ2) is 7.76. The SMILES string of the molecule is c1ccc(-n2c3ccccc3c3nc4c5ncccc5n(-c5cccc6c5sc5ccccc56)c4cc32)cc1. The highest BCUT2D eigenvalue weighted by molar-refractivity contribution is 7.26. The van der Waals surface area contributed by atoms with Crippen molar-refractivity contribution >= 4 is 75.5 Å². The van der Waals surface area contributed by atoms with Crippen LogP contribution in [0.2, 0.25) is 0 Å². The molecule has 0 aliphatic carbocycles. The molecule has 0 saturated carbocycles. The van der Waals surface area contributed by atoms with Crippen LogP contribution >= 0.6 is 11.3 Å². The number of rotatable bonds is 2. The summed E-state index contributed by atoms with van der Waals surface area (Å²) >= 11 is 1.84. The van der Waals surface area contributed by atoms with Crippen molar-refractivity contribution in [2.24, 2.45) is 0 Å². The zero-order valence-electron chi connectivity index (χ0n) is 20.7. The molecular weight excluding hydrogens is 496 g/mol. The van der Waals surface area contributed by atoms with Crippen molar-refractivity contribution in [2.45, 2.75) is 0 Å². The molecule has 182 valence electrons. The van der Waals surface area contributed by atoms with Gasteiger partial charge in [0.15, 0.2) is 0 Å². The van der Waals surface area contributed by atoms with Gasteiger partial charge < -0.3 is 9.13 Å². The van der Waals surface area contributed by atoms with Gasteiger partial charge in [-0.1, -0.05) is 66.7 Å². The maximum atomic E-state index is 5.35. The first-order valence-corrected chi connectivity index (χ1v) is 13.8. The number of benzene rings is 4. The third-order valence-electron chi connectivity index (χ3n) is 7.75. The highest BCUT2D eigenvalue weighted by atomic mass is 32.1. The van der Waals surface area contributed by atoms with Gasteiger partial charge in [-0.2, -0.15) is 0 Å². The molecular formula is C34H20N4S. The molecule has 0 saturated heterocycles. The van der Waals surface area contributed by atoms with Crippen molar-refractivity contribution in [1.82, 2.24) is 19.1 Å². The van der Waals surface area contributed by atoms with Crippen molar-refractivity contribution in [1.29, 1.82) is 0 Å². The molecule has 0 spiro atoms. The van der Waals surface area contributed by atoms with Gasteiger partial charge in [0.05, 0.1) is 38.0 Å². The average Bonchev–Trinajstić information content (AvgIpc) is 3.64. The Morgan fingerprint density at radius 2 is 1.26 bits per heavy atom. The predicted molar refractivity (Wildman–Crippen MR) is 164 cm³/mol. The van der Waals surface area contributed by atoms with Gasteiger partial charge in [0.1, 0.15) is 11.0 Å². The Kier molecular flexibility index (Phi) is 4.18. The summed E-state index contributed by atoms with van der Waals surface area (Å²) < 4.78 is 7.25. The molecule has 0 N–H and O–H groups in total. The minimum atomic E-state index is 0.920. The molecule has 5 heterocycles. The van der Waals surface area contributed by atoms with Gasteiger partial charge in [-0.25, -0.2) is 4.98 Å². The van der Waals surface area contributed by atoms with E-state index in [-0.39, 0.29) is 0 Å². The summed E-state index contributed by atoms with van der Waals surface area (Å²) in [6.45, 7) is 0. The van der Waals surface area contributed by atoms with Crippen LogP contribution in [0.15, 0.2) is 121 Å². The fourth-order valence-corrected chi connectivity index (χ4v) is 7.32. The number of hydrogen-bond donors (Lipinski definition) is 0. The van der Waals surface area contributed by atoms with Crippen LogP contribution in [0, 0.1) is 0 Å². The Morgan fingerprint density at radius 3 is 2.18 bits per heavy atom. The number of aromatic nitrogens is 4. The summed E-state index contributed by atoms with van der Waals surface area (Å²) in [5.74, 6) is 0. The van der Waals surface area contributed by atoms with E-state index in [0.29, 0.717) is 0 Å². The summed E-state index contributed by atoms with van der Waals surface area (Å²) in [6, 6.07) is 40.8. The normalized spacial score (nSPS) is 12.1. The Labute approximate surface area is 227 Å². The topological polar surface area (TPSA) is 35.6 Å². The first-order chi connectivity index (χ1) is 19.4. The van der Waals surface area contributed by atoms with Gasteiger partial charge >= 0.3 is 0 Å². The fraction of sp³-hybridized carbons (Fsp3) is 0. The van der Waals surface area contributed by atoms with Gasteiger partial charge in [-0.15, -0.1) is 11.3 Å². The second-order valence-corrected chi connectivity index (χ2v) is 10.9. The third-order valence-corrected chi connectivity index (χ3v) is 8.96. The zero-order chi connectivity index (χ0) is 25.5. The molecule has 9 aromatic rings. The van der Waals surface area contributed by atoms with Gasteiger partial charge in [-0.3, -0.25) is 4.98 Å². The first-order valence-electron chi connectivity index (χ1n) is 13.0. The van der Waals surface area contributed by atoms with Crippen molar-refractivity contribution in [3.63, 3.8) is 0 Å². The van der Waals surface area contributed by atoms with E-state index in [9.17, 15) is 0 Å². The predicted octanol–water partition coefficient (Wildman–Crippen LogP) is 9.04. The van der Waals surface area contributed by atoms with E-state index in [1.807, 2.05) is 23.6 Å². The molecule has 4 aromatic carbocycles. The monoisotopic (exact) mass is 516 g/mol. The number of hydrogen-bond acceptors (Lipinski definition) is 3. The molecule has 0 bridgehead atoms. The summed E-state index contributed by atoms with van der Waals surface area (Å²) in [6.07, 6.45) is 1.87. The lowest BCUT2D eigenvalue weighted by molar-refractivity contribution is 1.17. The molecule has 4 nitrogen and oxygen atoms in total. The van der Waals surface area contributed by atoms with Gasteiger partial charge in [0.25, 0.3) is 0 Å². The lowest BCUT2D eigenvalue weighted by Crippen LogP contribution is -1.96. The van der Waals surface area contributed by atoms with Crippen LogP contribution in [-0.4, -0.2) is 19.1 Å². The smallest absolute Gasteiger partial charge is 0.116 e. The second-order valence-electron chi connectivity index (χ2n) is 9.87. The highest BCUT2D eigenvalue weighted by Crippen LogP contribution is 2.41. The molecule has 0 radical (unpaired) electrons. The van der Waals surface area contributed by atoms with Crippen molar-refractivity contribution in [2.75, 3.05) is 0 Å². The van der Waals surface area contributed by atoms with Crippen LogP contribution in [-0.2, 0) is 0 Å². The molecule has 5 heteroatoms. The van der Waals surface area contributed by atoms with Crippen molar-refractivity contribution < 1.29 is 0 Å². The van der Waals surface area contributed by atoms with Crippen molar-refractivity contribution in [3.8, 4) is 11.4 Å². The van der Waals surface area contributed by atoms with Crippen LogP contribution in [0.1, 0.15) is 0 Å². The lowest BCUT2D eigenvalue weighted by atomic mass is 10.1. The molecule has 5 aromatic heterocycles. The third kappa shape index (κ3) is 2.82. The Bertz CT molecular complexity index is 2390.